The molecule has 0 saturated carbocycles. The number of aromatic nitrogens is 3. The van der Waals surface area contributed by atoms with Crippen LogP contribution in [0.2, 0.25) is 0 Å². The molecule has 0 aliphatic carbocycles. The maximum Gasteiger partial charge on any atom is 0.192 e. The fraction of sp³-hybridized carbons (Fsp3) is 0.125. The van der Waals surface area contributed by atoms with E-state index in [2.05, 4.69) is 22.8 Å². The molecule has 5 nitrogen and oxygen atoms in total. The molecule has 0 fully saturated rings. The average Bonchev–Trinajstić information content (AvgIpc) is 2.95. The van der Waals surface area contributed by atoms with Gasteiger partial charge in [0, 0.05) is 5.69 Å². The summed E-state index contributed by atoms with van der Waals surface area (Å²) in [5, 5.41) is 8.66. The molecule has 0 bridgehead atoms. The molecule has 6 heteroatoms. The summed E-state index contributed by atoms with van der Waals surface area (Å²) in [5.41, 5.74) is 0.950. The van der Waals surface area contributed by atoms with Gasteiger partial charge >= 0.3 is 0 Å². The first-order chi connectivity index (χ1) is 10.8. The number of rotatable bonds is 5. The molecule has 3 aromatic rings. The fourth-order valence-electron chi connectivity index (χ4n) is 2.06. The molecule has 0 amide bonds. The summed E-state index contributed by atoms with van der Waals surface area (Å²) in [5.74, 6) is 2.22. The Hall–Kier alpha value is -2.47. The van der Waals surface area contributed by atoms with Gasteiger partial charge < -0.3 is 9.47 Å². The summed E-state index contributed by atoms with van der Waals surface area (Å²) in [4.78, 5) is 0. The van der Waals surface area contributed by atoms with Crippen molar-refractivity contribution in [1.29, 1.82) is 0 Å². The number of nitrogens with zero attached hydrogens (tertiary/aromatic N) is 3. The van der Waals surface area contributed by atoms with Gasteiger partial charge in [0.25, 0.3) is 0 Å². The van der Waals surface area contributed by atoms with Gasteiger partial charge in [-0.1, -0.05) is 18.2 Å². The van der Waals surface area contributed by atoms with Gasteiger partial charge in [0.05, 0.1) is 7.11 Å². The van der Waals surface area contributed by atoms with Gasteiger partial charge in [-0.25, -0.2) is 0 Å². The molecule has 0 N–H and O–H groups in total. The number of hydrogen-bond acceptors (Lipinski definition) is 5. The van der Waals surface area contributed by atoms with E-state index in [4.69, 9.17) is 9.47 Å². The van der Waals surface area contributed by atoms with Crippen LogP contribution >= 0.6 is 12.6 Å². The van der Waals surface area contributed by atoms with Crippen LogP contribution in [0, 0.1) is 0 Å². The summed E-state index contributed by atoms with van der Waals surface area (Å²) in [6.07, 6.45) is 0. The summed E-state index contributed by atoms with van der Waals surface area (Å²) in [7, 11) is 1.63. The van der Waals surface area contributed by atoms with E-state index in [0.29, 0.717) is 17.6 Å². The van der Waals surface area contributed by atoms with Gasteiger partial charge in [-0.05, 0) is 36.4 Å². The van der Waals surface area contributed by atoms with Crippen molar-refractivity contribution >= 4 is 12.6 Å². The van der Waals surface area contributed by atoms with Crippen LogP contribution < -0.4 is 9.47 Å². The van der Waals surface area contributed by atoms with Crippen LogP contribution in [0.25, 0.3) is 5.69 Å². The van der Waals surface area contributed by atoms with E-state index in [1.165, 1.54) is 0 Å². The van der Waals surface area contributed by atoms with E-state index in [0.717, 1.165) is 17.2 Å². The largest absolute Gasteiger partial charge is 0.497 e. The highest BCUT2D eigenvalue weighted by Gasteiger charge is 2.11. The Balaban J connectivity index is 1.78. The predicted molar refractivity (Wildman–Crippen MR) is 85.9 cm³/mol. The lowest BCUT2D eigenvalue weighted by atomic mass is 10.3. The first-order valence-corrected chi connectivity index (χ1v) is 7.18. The molecule has 2 aromatic carbocycles. The lowest BCUT2D eigenvalue weighted by Gasteiger charge is -2.09. The van der Waals surface area contributed by atoms with Crippen LogP contribution in [0.1, 0.15) is 5.82 Å². The Morgan fingerprint density at radius 1 is 0.955 bits per heavy atom. The monoisotopic (exact) mass is 313 g/mol. The topological polar surface area (TPSA) is 49.2 Å². The molecule has 0 spiro atoms. The van der Waals surface area contributed by atoms with Crippen LogP contribution in [0.5, 0.6) is 11.5 Å². The smallest absolute Gasteiger partial charge is 0.192 e. The van der Waals surface area contributed by atoms with Crippen LogP contribution in [0.3, 0.4) is 0 Å². The molecule has 3 rings (SSSR count). The standard InChI is InChI=1S/C16H15N3O2S/c1-20-13-7-9-14(10-8-13)21-11-15-17-18-16(22)19(15)12-5-3-2-4-6-12/h2-10H,11H2,1H3,(H,18,22). The minimum atomic E-state index is 0.300. The van der Waals surface area contributed by atoms with E-state index in [1.807, 2.05) is 59.2 Å². The molecule has 0 unspecified atom stereocenters. The second-order valence-corrected chi connectivity index (χ2v) is 4.95. The highest BCUT2D eigenvalue weighted by Crippen LogP contribution is 2.20. The summed E-state index contributed by atoms with van der Waals surface area (Å²) >= 11 is 4.35. The van der Waals surface area contributed by atoms with Gasteiger partial charge in [0.15, 0.2) is 11.0 Å². The molecule has 0 saturated heterocycles. The maximum atomic E-state index is 5.75. The summed E-state index contributed by atoms with van der Waals surface area (Å²) in [6.45, 7) is 0.300. The van der Waals surface area contributed by atoms with Crippen molar-refractivity contribution in [1.82, 2.24) is 14.8 Å². The van der Waals surface area contributed by atoms with E-state index >= 15 is 0 Å². The van der Waals surface area contributed by atoms with Crippen molar-refractivity contribution in [3.05, 3.63) is 60.4 Å². The van der Waals surface area contributed by atoms with Gasteiger partial charge in [-0.3, -0.25) is 4.57 Å². The normalized spacial score (nSPS) is 10.5. The van der Waals surface area contributed by atoms with E-state index in [9.17, 15) is 0 Å². The number of hydrogen-bond donors (Lipinski definition) is 1. The minimum Gasteiger partial charge on any atom is -0.497 e. The minimum absolute atomic E-state index is 0.300. The SMILES string of the molecule is COc1ccc(OCc2nnc(S)n2-c2ccccc2)cc1. The third-order valence-electron chi connectivity index (χ3n) is 3.15. The summed E-state index contributed by atoms with van der Waals surface area (Å²) in [6, 6.07) is 17.2. The molecule has 0 aliphatic rings. The van der Waals surface area contributed by atoms with Crippen LogP contribution in [0.15, 0.2) is 59.8 Å². The van der Waals surface area contributed by atoms with Crippen molar-refractivity contribution in [2.75, 3.05) is 7.11 Å². The van der Waals surface area contributed by atoms with Crippen molar-refractivity contribution in [2.45, 2.75) is 11.8 Å². The molecule has 0 atom stereocenters. The fourth-order valence-corrected chi connectivity index (χ4v) is 2.34. The molecular formula is C16H15N3O2S. The van der Waals surface area contributed by atoms with Crippen molar-refractivity contribution in [2.24, 2.45) is 0 Å². The second-order valence-electron chi connectivity index (χ2n) is 4.55. The van der Waals surface area contributed by atoms with E-state index in [1.54, 1.807) is 7.11 Å². The van der Waals surface area contributed by atoms with E-state index < -0.39 is 0 Å². The molecule has 112 valence electrons. The summed E-state index contributed by atoms with van der Waals surface area (Å²) < 4.78 is 12.7. The Morgan fingerprint density at radius 2 is 1.64 bits per heavy atom. The van der Waals surface area contributed by atoms with Crippen LogP contribution in [0.4, 0.5) is 0 Å². The average molecular weight is 313 g/mol. The zero-order valence-electron chi connectivity index (χ0n) is 12.0. The van der Waals surface area contributed by atoms with Crippen molar-refractivity contribution in [3.63, 3.8) is 0 Å². The lowest BCUT2D eigenvalue weighted by molar-refractivity contribution is 0.292. The lowest BCUT2D eigenvalue weighted by Crippen LogP contribution is -2.06. The Kier molecular flexibility index (Phi) is 4.29. The highest BCUT2D eigenvalue weighted by atomic mass is 32.1. The first-order valence-electron chi connectivity index (χ1n) is 6.73. The second kappa shape index (κ2) is 6.53. The Labute approximate surface area is 133 Å². The third kappa shape index (κ3) is 3.07. The predicted octanol–water partition coefficient (Wildman–Crippen LogP) is 3.14. The van der Waals surface area contributed by atoms with Crippen LogP contribution in [-0.2, 0) is 6.61 Å². The molecule has 22 heavy (non-hydrogen) atoms. The molecule has 1 heterocycles. The number of ether oxygens (including phenoxy) is 2. The third-order valence-corrected chi connectivity index (χ3v) is 3.44. The van der Waals surface area contributed by atoms with Gasteiger partial charge in [0.2, 0.25) is 0 Å². The quantitative estimate of drug-likeness (QED) is 0.735. The zero-order chi connectivity index (χ0) is 15.4. The number of methoxy groups -OCH3 is 1. The zero-order valence-corrected chi connectivity index (χ0v) is 12.9. The number of benzene rings is 2. The van der Waals surface area contributed by atoms with E-state index in [-0.39, 0.29) is 0 Å². The highest BCUT2D eigenvalue weighted by molar-refractivity contribution is 7.80. The number of para-hydroxylation sites is 1. The molecule has 0 aliphatic heterocycles. The van der Waals surface area contributed by atoms with Gasteiger partial charge in [-0.15, -0.1) is 22.8 Å². The number of thiol groups is 1. The molecule has 0 radical (unpaired) electrons. The Bertz CT molecular complexity index is 742. The maximum absolute atomic E-state index is 5.75. The molecular weight excluding hydrogens is 298 g/mol. The first kappa shape index (κ1) is 14.5. The van der Waals surface area contributed by atoms with Gasteiger partial charge in [-0.2, -0.15) is 0 Å². The molecule has 1 aromatic heterocycles. The van der Waals surface area contributed by atoms with Crippen LogP contribution in [-0.4, -0.2) is 21.9 Å². The van der Waals surface area contributed by atoms with Gasteiger partial charge in [0.1, 0.15) is 18.1 Å². The van der Waals surface area contributed by atoms with Crippen molar-refractivity contribution in [3.8, 4) is 17.2 Å². The Morgan fingerprint density at radius 3 is 2.32 bits per heavy atom. The van der Waals surface area contributed by atoms with Crippen molar-refractivity contribution < 1.29 is 9.47 Å².